The van der Waals surface area contributed by atoms with Gasteiger partial charge in [0.25, 0.3) is 5.91 Å². The molecule has 1 amide bonds. The summed E-state index contributed by atoms with van der Waals surface area (Å²) in [6, 6.07) is 12.5. The fourth-order valence-corrected chi connectivity index (χ4v) is 4.46. The van der Waals surface area contributed by atoms with Gasteiger partial charge in [0.2, 0.25) is 0 Å². The Kier molecular flexibility index (Phi) is 5.07. The lowest BCUT2D eigenvalue weighted by Crippen LogP contribution is -2.19. The Hall–Kier alpha value is -3.19. The molecule has 0 radical (unpaired) electrons. The van der Waals surface area contributed by atoms with E-state index in [0.717, 1.165) is 28.0 Å². The molecule has 0 aliphatic carbocycles. The van der Waals surface area contributed by atoms with Gasteiger partial charge in [0.05, 0.1) is 11.8 Å². The molecule has 2 aromatic heterocycles. The van der Waals surface area contributed by atoms with Crippen molar-refractivity contribution in [3.8, 4) is 5.75 Å². The number of rotatable bonds is 4. The Morgan fingerprint density at radius 1 is 1.24 bits per heavy atom. The van der Waals surface area contributed by atoms with Crippen LogP contribution in [0.25, 0.3) is 21.2 Å². The van der Waals surface area contributed by atoms with E-state index >= 15 is 0 Å². The van der Waals surface area contributed by atoms with Crippen molar-refractivity contribution >= 4 is 38.4 Å². The van der Waals surface area contributed by atoms with Gasteiger partial charge >= 0.3 is 5.63 Å². The van der Waals surface area contributed by atoms with Crippen LogP contribution in [0.4, 0.5) is 0 Å². The van der Waals surface area contributed by atoms with E-state index in [2.05, 4.69) is 11.9 Å². The van der Waals surface area contributed by atoms with Gasteiger partial charge in [-0.3, -0.25) is 4.79 Å². The minimum atomic E-state index is -0.686. The number of benzene rings is 2. The molecule has 0 aliphatic heterocycles. The van der Waals surface area contributed by atoms with Crippen molar-refractivity contribution in [2.75, 3.05) is 7.11 Å². The Balaban J connectivity index is 1.93. The first-order chi connectivity index (χ1) is 14.0. The van der Waals surface area contributed by atoms with E-state index in [1.165, 1.54) is 17.4 Å². The number of aryl methyl sites for hydroxylation is 2. The zero-order valence-electron chi connectivity index (χ0n) is 16.4. The lowest BCUT2D eigenvalue weighted by Gasteiger charge is -2.08. The van der Waals surface area contributed by atoms with Crippen LogP contribution in [0.5, 0.6) is 5.75 Å². The van der Waals surface area contributed by atoms with Crippen LogP contribution in [-0.2, 0) is 6.54 Å². The summed E-state index contributed by atoms with van der Waals surface area (Å²) in [5.74, 6) is 0.118. The van der Waals surface area contributed by atoms with Gasteiger partial charge in [-0.05, 0) is 37.1 Å². The number of thiazole rings is 1. The summed E-state index contributed by atoms with van der Waals surface area (Å²) in [5.41, 5.74) is 1.67. The second-order valence-corrected chi connectivity index (χ2v) is 7.68. The summed E-state index contributed by atoms with van der Waals surface area (Å²) in [4.78, 5) is 30.0. The Morgan fingerprint density at radius 2 is 2.03 bits per heavy atom. The largest absolute Gasteiger partial charge is 0.495 e. The predicted octanol–water partition coefficient (Wildman–Crippen LogP) is 4.28. The van der Waals surface area contributed by atoms with E-state index < -0.39 is 11.5 Å². The molecule has 29 heavy (non-hydrogen) atoms. The van der Waals surface area contributed by atoms with Crippen LogP contribution in [0.3, 0.4) is 0 Å². The maximum Gasteiger partial charge on any atom is 0.349 e. The molecule has 2 aromatic carbocycles. The third-order valence-corrected chi connectivity index (χ3v) is 5.94. The minimum absolute atomic E-state index is 0.0760. The quantitative estimate of drug-likeness (QED) is 0.473. The Morgan fingerprint density at radius 3 is 2.79 bits per heavy atom. The molecule has 7 heteroatoms. The van der Waals surface area contributed by atoms with Crippen molar-refractivity contribution in [3.05, 3.63) is 68.8 Å². The highest BCUT2D eigenvalue weighted by Gasteiger charge is 2.17. The third-order valence-electron chi connectivity index (χ3n) is 4.72. The van der Waals surface area contributed by atoms with Gasteiger partial charge in [0, 0.05) is 11.9 Å². The van der Waals surface area contributed by atoms with E-state index in [0.29, 0.717) is 22.3 Å². The van der Waals surface area contributed by atoms with Crippen molar-refractivity contribution in [1.29, 1.82) is 0 Å². The lowest BCUT2D eigenvalue weighted by atomic mass is 10.2. The molecule has 0 N–H and O–H groups in total. The molecule has 4 rings (SSSR count). The van der Waals surface area contributed by atoms with Crippen LogP contribution in [0, 0.1) is 6.92 Å². The number of carbonyl (C=O) groups is 1. The average Bonchev–Trinajstić information content (AvgIpc) is 3.07. The number of carbonyl (C=O) groups excluding carboxylic acids is 1. The van der Waals surface area contributed by atoms with E-state index in [9.17, 15) is 9.59 Å². The van der Waals surface area contributed by atoms with E-state index in [-0.39, 0.29) is 5.56 Å². The number of hydrogen-bond donors (Lipinski definition) is 0. The highest BCUT2D eigenvalue weighted by molar-refractivity contribution is 7.16. The third kappa shape index (κ3) is 3.38. The molecule has 2 heterocycles. The Bertz CT molecular complexity index is 1360. The monoisotopic (exact) mass is 408 g/mol. The topological polar surface area (TPSA) is 73.8 Å². The van der Waals surface area contributed by atoms with Crippen LogP contribution < -0.4 is 15.2 Å². The van der Waals surface area contributed by atoms with Gasteiger partial charge in [-0.15, -0.1) is 0 Å². The Labute approximate surface area is 170 Å². The van der Waals surface area contributed by atoms with Crippen LogP contribution in [0.2, 0.25) is 0 Å². The number of fused-ring (bicyclic) bond motifs is 2. The van der Waals surface area contributed by atoms with Gasteiger partial charge in [0.1, 0.15) is 22.4 Å². The summed E-state index contributed by atoms with van der Waals surface area (Å²) >= 11 is 1.42. The molecule has 0 unspecified atom stereocenters. The summed E-state index contributed by atoms with van der Waals surface area (Å²) in [5, 5.41) is 0.681. The second-order valence-electron chi connectivity index (χ2n) is 6.70. The molecule has 4 aromatic rings. The highest BCUT2D eigenvalue weighted by atomic mass is 32.1. The molecule has 148 valence electrons. The summed E-state index contributed by atoms with van der Waals surface area (Å²) < 4.78 is 13.8. The fourth-order valence-electron chi connectivity index (χ4n) is 3.32. The smallest absolute Gasteiger partial charge is 0.349 e. The molecule has 6 nitrogen and oxygen atoms in total. The maximum atomic E-state index is 12.9. The van der Waals surface area contributed by atoms with Gasteiger partial charge in [-0.1, -0.05) is 42.5 Å². The summed E-state index contributed by atoms with van der Waals surface area (Å²) in [6.45, 7) is 4.75. The second kappa shape index (κ2) is 7.67. The SMILES string of the molecule is CCCn1c(=NC(=O)c2cc3ccccc3oc2=O)sc2c(C)ccc(OC)c21. The zero-order valence-corrected chi connectivity index (χ0v) is 17.2. The number of para-hydroxylation sites is 1. The van der Waals surface area contributed by atoms with Crippen molar-refractivity contribution in [2.45, 2.75) is 26.8 Å². The van der Waals surface area contributed by atoms with Gasteiger partial charge in [-0.25, -0.2) is 4.79 Å². The molecular weight excluding hydrogens is 388 g/mol. The van der Waals surface area contributed by atoms with Crippen LogP contribution in [0.1, 0.15) is 29.3 Å². The first-order valence-electron chi connectivity index (χ1n) is 9.32. The molecule has 0 spiro atoms. The van der Waals surface area contributed by atoms with E-state index in [4.69, 9.17) is 9.15 Å². The summed E-state index contributed by atoms with van der Waals surface area (Å²) in [6.07, 6.45) is 0.864. The van der Waals surface area contributed by atoms with E-state index in [1.807, 2.05) is 29.7 Å². The number of ether oxygens (including phenoxy) is 1. The highest BCUT2D eigenvalue weighted by Crippen LogP contribution is 2.30. The minimum Gasteiger partial charge on any atom is -0.495 e. The molecule has 0 atom stereocenters. The van der Waals surface area contributed by atoms with Crippen molar-refractivity contribution in [3.63, 3.8) is 0 Å². The number of amides is 1. The molecule has 0 aliphatic rings. The number of hydrogen-bond acceptors (Lipinski definition) is 5. The summed E-state index contributed by atoms with van der Waals surface area (Å²) in [7, 11) is 1.63. The number of nitrogens with zero attached hydrogens (tertiary/aromatic N) is 2. The van der Waals surface area contributed by atoms with Gasteiger partial charge in [-0.2, -0.15) is 4.99 Å². The molecule has 0 bridgehead atoms. The standard InChI is InChI=1S/C22H20N2O4S/c1-4-11-24-18-17(27-3)10-9-13(2)19(18)29-22(24)23-20(25)15-12-14-7-5-6-8-16(14)28-21(15)26/h5-10,12H,4,11H2,1-3H3. The normalized spacial score (nSPS) is 12.0. The first-order valence-corrected chi connectivity index (χ1v) is 10.1. The van der Waals surface area contributed by atoms with Gasteiger partial charge in [0.15, 0.2) is 4.80 Å². The average molecular weight is 408 g/mol. The van der Waals surface area contributed by atoms with Crippen molar-refractivity contribution in [2.24, 2.45) is 4.99 Å². The van der Waals surface area contributed by atoms with Crippen molar-refractivity contribution < 1.29 is 13.9 Å². The van der Waals surface area contributed by atoms with Crippen LogP contribution in [-0.4, -0.2) is 17.6 Å². The maximum absolute atomic E-state index is 12.9. The number of aromatic nitrogens is 1. The molecule has 0 saturated carbocycles. The molecular formula is C22H20N2O4S. The zero-order chi connectivity index (χ0) is 20.5. The molecule has 0 fully saturated rings. The lowest BCUT2D eigenvalue weighted by molar-refractivity contribution is 0.0994. The van der Waals surface area contributed by atoms with Crippen molar-refractivity contribution in [1.82, 2.24) is 4.57 Å². The predicted molar refractivity (Wildman–Crippen MR) is 114 cm³/mol. The first kappa shape index (κ1) is 19.1. The van der Waals surface area contributed by atoms with E-state index in [1.54, 1.807) is 25.3 Å². The fraction of sp³-hybridized carbons (Fsp3) is 0.227. The van der Waals surface area contributed by atoms with Gasteiger partial charge < -0.3 is 13.7 Å². The number of methoxy groups -OCH3 is 1. The molecule has 0 saturated heterocycles. The van der Waals surface area contributed by atoms with Crippen LogP contribution >= 0.6 is 11.3 Å². The van der Waals surface area contributed by atoms with Crippen LogP contribution in [0.15, 0.2) is 56.7 Å².